The van der Waals surface area contributed by atoms with Crippen molar-refractivity contribution in [3.8, 4) is 0 Å². The minimum absolute atomic E-state index is 0.0923. The van der Waals surface area contributed by atoms with Gasteiger partial charge in [-0.15, -0.1) is 0 Å². The van der Waals surface area contributed by atoms with Crippen molar-refractivity contribution in [2.24, 2.45) is 0 Å². The first-order chi connectivity index (χ1) is 16.7. The summed E-state index contributed by atoms with van der Waals surface area (Å²) >= 11 is 0. The van der Waals surface area contributed by atoms with Gasteiger partial charge in [-0.25, -0.2) is 8.42 Å². The lowest BCUT2D eigenvalue weighted by Crippen LogP contribution is -2.49. The fourth-order valence-corrected chi connectivity index (χ4v) is 5.12. The number of aryl methyl sites for hydroxylation is 1. The minimum atomic E-state index is -3.96. The Bertz CT molecular complexity index is 1400. The molecule has 0 bridgehead atoms. The van der Waals surface area contributed by atoms with Crippen LogP contribution in [0.4, 0.5) is 11.4 Å². The molecule has 0 atom stereocenters. The van der Waals surface area contributed by atoms with Crippen LogP contribution in [0.25, 0.3) is 0 Å². The zero-order valence-electron chi connectivity index (χ0n) is 18.9. The number of nitrogens with zero attached hydrogens (tertiary/aromatic N) is 1. The number of carbonyl (C=O) groups is 3. The third kappa shape index (κ3) is 5.56. The van der Waals surface area contributed by atoms with Gasteiger partial charge in [-0.3, -0.25) is 14.4 Å². The molecule has 3 N–H and O–H groups in total. The monoisotopic (exact) mass is 492 g/mol. The zero-order valence-corrected chi connectivity index (χ0v) is 19.8. The molecule has 0 aliphatic carbocycles. The van der Waals surface area contributed by atoms with E-state index >= 15 is 0 Å². The van der Waals surface area contributed by atoms with Gasteiger partial charge in [0.05, 0.1) is 22.7 Å². The van der Waals surface area contributed by atoms with Gasteiger partial charge < -0.3 is 16.0 Å². The lowest BCUT2D eigenvalue weighted by Gasteiger charge is -2.26. The normalized spacial score (nSPS) is 14.1. The predicted octanol–water partition coefficient (Wildman–Crippen LogP) is 2.62. The number of anilines is 2. The number of carbonyl (C=O) groups excluding carboxylic acids is 3. The van der Waals surface area contributed by atoms with Gasteiger partial charge in [-0.1, -0.05) is 30.3 Å². The van der Waals surface area contributed by atoms with E-state index in [1.807, 2.05) is 25.1 Å². The summed E-state index contributed by atoms with van der Waals surface area (Å²) in [5.74, 6) is -1.35. The molecular weight excluding hydrogens is 468 g/mol. The number of nitrogens with one attached hydrogen (secondary N) is 3. The summed E-state index contributed by atoms with van der Waals surface area (Å²) in [5.41, 5.74) is 2.25. The predicted molar refractivity (Wildman–Crippen MR) is 132 cm³/mol. The Labute approximate surface area is 203 Å². The molecule has 1 heterocycles. The number of piperazine rings is 1. The summed E-state index contributed by atoms with van der Waals surface area (Å²) in [7, 11) is -3.96. The van der Waals surface area contributed by atoms with Crippen LogP contribution in [0, 0.1) is 6.92 Å². The van der Waals surface area contributed by atoms with Crippen molar-refractivity contribution in [1.82, 2.24) is 9.62 Å². The highest BCUT2D eigenvalue weighted by Crippen LogP contribution is 2.21. The van der Waals surface area contributed by atoms with Crippen LogP contribution in [0.2, 0.25) is 0 Å². The van der Waals surface area contributed by atoms with Gasteiger partial charge in [0.15, 0.2) is 0 Å². The van der Waals surface area contributed by atoms with Crippen LogP contribution in [-0.4, -0.2) is 50.1 Å². The van der Waals surface area contributed by atoms with E-state index in [1.54, 1.807) is 30.3 Å². The van der Waals surface area contributed by atoms with Gasteiger partial charge in [-0.2, -0.15) is 4.31 Å². The first-order valence-electron chi connectivity index (χ1n) is 10.9. The summed E-state index contributed by atoms with van der Waals surface area (Å²) in [6.07, 6.45) is 0. The quantitative estimate of drug-likeness (QED) is 0.488. The maximum Gasteiger partial charge on any atom is 0.257 e. The van der Waals surface area contributed by atoms with E-state index in [0.717, 1.165) is 9.87 Å². The number of amides is 3. The second-order valence-corrected chi connectivity index (χ2v) is 9.98. The Morgan fingerprint density at radius 2 is 1.69 bits per heavy atom. The first-order valence-corrected chi connectivity index (χ1v) is 12.3. The molecule has 0 radical (unpaired) electrons. The van der Waals surface area contributed by atoms with Gasteiger partial charge in [0.25, 0.3) is 11.8 Å². The summed E-state index contributed by atoms with van der Waals surface area (Å²) < 4.78 is 27.0. The second kappa shape index (κ2) is 10.1. The molecule has 0 aromatic heterocycles. The van der Waals surface area contributed by atoms with E-state index in [1.165, 1.54) is 24.3 Å². The number of rotatable bonds is 6. The second-order valence-electron chi connectivity index (χ2n) is 8.04. The molecule has 1 saturated heterocycles. The molecule has 0 saturated carbocycles. The van der Waals surface area contributed by atoms with Crippen LogP contribution in [0.1, 0.15) is 26.3 Å². The van der Waals surface area contributed by atoms with Crippen molar-refractivity contribution in [1.29, 1.82) is 0 Å². The maximum atomic E-state index is 13.0. The topological polar surface area (TPSA) is 125 Å². The lowest BCUT2D eigenvalue weighted by molar-refractivity contribution is -0.122. The van der Waals surface area contributed by atoms with Crippen LogP contribution < -0.4 is 16.0 Å². The largest absolute Gasteiger partial charge is 0.354 e. The van der Waals surface area contributed by atoms with Crippen molar-refractivity contribution in [2.75, 3.05) is 30.3 Å². The Balaban J connectivity index is 1.54. The van der Waals surface area contributed by atoms with E-state index < -0.39 is 21.8 Å². The van der Waals surface area contributed by atoms with Crippen molar-refractivity contribution >= 4 is 39.1 Å². The summed E-state index contributed by atoms with van der Waals surface area (Å²) in [4.78, 5) is 37.4. The van der Waals surface area contributed by atoms with E-state index in [2.05, 4.69) is 16.0 Å². The third-order valence-electron chi connectivity index (χ3n) is 5.43. The Hall–Kier alpha value is -4.02. The molecule has 9 nitrogen and oxygen atoms in total. The first kappa shape index (κ1) is 24.1. The number of para-hydroxylation sites is 1. The summed E-state index contributed by atoms with van der Waals surface area (Å²) in [6, 6.07) is 19.5. The molecule has 1 fully saturated rings. The molecule has 3 amide bonds. The molecule has 3 aromatic rings. The van der Waals surface area contributed by atoms with Gasteiger partial charge in [0.2, 0.25) is 15.9 Å². The van der Waals surface area contributed by atoms with Crippen LogP contribution >= 0.6 is 0 Å². The smallest absolute Gasteiger partial charge is 0.257 e. The van der Waals surface area contributed by atoms with E-state index in [9.17, 15) is 22.8 Å². The van der Waals surface area contributed by atoms with Crippen LogP contribution in [0.5, 0.6) is 0 Å². The third-order valence-corrected chi connectivity index (χ3v) is 7.27. The van der Waals surface area contributed by atoms with Crippen molar-refractivity contribution in [3.63, 3.8) is 0 Å². The molecule has 1 aliphatic rings. The van der Waals surface area contributed by atoms with Crippen LogP contribution in [0.3, 0.4) is 0 Å². The Morgan fingerprint density at radius 1 is 0.914 bits per heavy atom. The maximum absolute atomic E-state index is 13.0. The average Bonchev–Trinajstić information content (AvgIpc) is 2.84. The molecule has 0 spiro atoms. The zero-order chi connectivity index (χ0) is 25.0. The van der Waals surface area contributed by atoms with Gasteiger partial charge >= 0.3 is 0 Å². The fourth-order valence-electron chi connectivity index (χ4n) is 3.67. The number of benzene rings is 3. The molecule has 3 aromatic carbocycles. The highest BCUT2D eigenvalue weighted by molar-refractivity contribution is 7.89. The number of sulfonamides is 1. The SMILES string of the molecule is Cc1cccc(NC(=O)c2ccccc2NC(=O)c2cccc(S(=O)(=O)N3CCNC(=O)C3)c2)c1. The van der Waals surface area contributed by atoms with Gasteiger partial charge in [0, 0.05) is 24.3 Å². The molecule has 1 aliphatic heterocycles. The van der Waals surface area contributed by atoms with E-state index in [0.29, 0.717) is 5.69 Å². The fraction of sp³-hybridized carbons (Fsp3) is 0.160. The average molecular weight is 493 g/mol. The van der Waals surface area contributed by atoms with Crippen LogP contribution in [-0.2, 0) is 14.8 Å². The van der Waals surface area contributed by atoms with Gasteiger partial charge in [-0.05, 0) is 55.0 Å². The summed E-state index contributed by atoms with van der Waals surface area (Å²) in [5, 5.41) is 8.09. The highest BCUT2D eigenvalue weighted by atomic mass is 32.2. The molecule has 0 unspecified atom stereocenters. The van der Waals surface area contributed by atoms with Crippen molar-refractivity contribution in [2.45, 2.75) is 11.8 Å². The molecule has 10 heteroatoms. The number of hydrogen-bond donors (Lipinski definition) is 3. The molecule has 35 heavy (non-hydrogen) atoms. The molecule has 180 valence electrons. The van der Waals surface area contributed by atoms with E-state index in [4.69, 9.17) is 0 Å². The van der Waals surface area contributed by atoms with Gasteiger partial charge in [0.1, 0.15) is 0 Å². The van der Waals surface area contributed by atoms with E-state index in [-0.39, 0.29) is 47.3 Å². The number of hydrogen-bond acceptors (Lipinski definition) is 5. The Kier molecular flexibility index (Phi) is 6.94. The molecule has 4 rings (SSSR count). The minimum Gasteiger partial charge on any atom is -0.354 e. The summed E-state index contributed by atoms with van der Waals surface area (Å²) in [6.45, 7) is 2.01. The standard InChI is InChI=1S/C25H24N4O5S/c1-17-6-4-8-19(14-17)27-25(32)21-10-2-3-11-22(21)28-24(31)18-7-5-9-20(15-18)35(33,34)29-13-12-26-23(30)16-29/h2-11,14-15H,12-13,16H2,1H3,(H,26,30)(H,27,32)(H,28,31). The highest BCUT2D eigenvalue weighted by Gasteiger charge is 2.29. The van der Waals surface area contributed by atoms with Crippen molar-refractivity contribution < 1.29 is 22.8 Å². The Morgan fingerprint density at radius 3 is 2.46 bits per heavy atom. The lowest BCUT2D eigenvalue weighted by atomic mass is 10.1. The van der Waals surface area contributed by atoms with Crippen molar-refractivity contribution in [3.05, 3.63) is 89.5 Å². The van der Waals surface area contributed by atoms with Crippen LogP contribution in [0.15, 0.2) is 77.7 Å². The molecular formula is C25H24N4O5S.